The van der Waals surface area contributed by atoms with E-state index in [2.05, 4.69) is 66.0 Å². The highest BCUT2D eigenvalue weighted by Gasteiger charge is 2.15. The normalized spacial score (nSPS) is 12.5. The van der Waals surface area contributed by atoms with Crippen molar-refractivity contribution < 1.29 is 0 Å². The minimum absolute atomic E-state index is 0.171. The minimum atomic E-state index is 0.171. The third-order valence-electron chi connectivity index (χ3n) is 3.42. The van der Waals surface area contributed by atoms with Crippen LogP contribution in [0.25, 0.3) is 0 Å². The number of nitrogens with one attached hydrogen (secondary N) is 1. The lowest BCUT2D eigenvalue weighted by molar-refractivity contribution is 0.688. The van der Waals surface area contributed by atoms with Crippen molar-refractivity contribution >= 4 is 34.2 Å². The van der Waals surface area contributed by atoms with Crippen LogP contribution >= 0.6 is 34.2 Å². The predicted molar refractivity (Wildman–Crippen MR) is 91.0 cm³/mol. The number of aryl methyl sites for hydroxylation is 2. The molecule has 0 spiro atoms. The Morgan fingerprint density at radius 2 is 1.79 bits per heavy atom. The van der Waals surface area contributed by atoms with E-state index in [4.69, 9.17) is 11.6 Å². The summed E-state index contributed by atoms with van der Waals surface area (Å²) in [5.74, 6) is 0. The standard InChI is InChI=1S/C16H17ClIN/c1-10-4-5-12(8-11(10)2)16(19-3)14-9-13(17)6-7-15(14)18/h4-9,16,19H,1-3H3. The molecule has 0 amide bonds. The highest BCUT2D eigenvalue weighted by Crippen LogP contribution is 2.29. The molecule has 3 heteroatoms. The Bertz CT molecular complexity index is 595. The van der Waals surface area contributed by atoms with Crippen LogP contribution in [0.1, 0.15) is 28.3 Å². The molecule has 0 aliphatic rings. The molecule has 1 nitrogen and oxygen atoms in total. The molecule has 100 valence electrons. The van der Waals surface area contributed by atoms with Gasteiger partial charge in [-0.2, -0.15) is 0 Å². The Morgan fingerprint density at radius 3 is 2.42 bits per heavy atom. The average Bonchev–Trinajstić information content (AvgIpc) is 2.38. The van der Waals surface area contributed by atoms with E-state index in [1.54, 1.807) is 0 Å². The summed E-state index contributed by atoms with van der Waals surface area (Å²) in [6.45, 7) is 4.28. The van der Waals surface area contributed by atoms with Crippen molar-refractivity contribution in [1.82, 2.24) is 5.32 Å². The lowest BCUT2D eigenvalue weighted by Crippen LogP contribution is -2.19. The highest BCUT2D eigenvalue weighted by molar-refractivity contribution is 14.1. The number of halogens is 2. The van der Waals surface area contributed by atoms with Gasteiger partial charge in [0, 0.05) is 8.59 Å². The van der Waals surface area contributed by atoms with E-state index in [1.807, 2.05) is 19.2 Å². The Balaban J connectivity index is 2.49. The Labute approximate surface area is 133 Å². The van der Waals surface area contributed by atoms with Crippen molar-refractivity contribution in [3.8, 4) is 0 Å². The van der Waals surface area contributed by atoms with Crippen molar-refractivity contribution in [2.75, 3.05) is 7.05 Å². The number of benzene rings is 2. The molecule has 0 aliphatic heterocycles. The molecule has 19 heavy (non-hydrogen) atoms. The summed E-state index contributed by atoms with van der Waals surface area (Å²) in [5, 5.41) is 4.16. The van der Waals surface area contributed by atoms with Crippen LogP contribution in [0.2, 0.25) is 5.02 Å². The molecule has 2 aromatic rings. The molecule has 2 aromatic carbocycles. The Kier molecular flexibility index (Phi) is 4.87. The average molecular weight is 386 g/mol. The summed E-state index contributed by atoms with van der Waals surface area (Å²) in [6.07, 6.45) is 0. The van der Waals surface area contributed by atoms with Gasteiger partial charge in [0.15, 0.2) is 0 Å². The van der Waals surface area contributed by atoms with E-state index >= 15 is 0 Å². The summed E-state index contributed by atoms with van der Waals surface area (Å²) < 4.78 is 1.22. The van der Waals surface area contributed by atoms with Gasteiger partial charge in [-0.15, -0.1) is 0 Å². The van der Waals surface area contributed by atoms with E-state index in [1.165, 1.54) is 25.8 Å². The third kappa shape index (κ3) is 3.30. The summed E-state index contributed by atoms with van der Waals surface area (Å²) in [7, 11) is 1.98. The van der Waals surface area contributed by atoms with Crippen molar-refractivity contribution in [2.45, 2.75) is 19.9 Å². The molecule has 2 rings (SSSR count). The molecule has 0 aliphatic carbocycles. The number of hydrogen-bond donors (Lipinski definition) is 1. The SMILES string of the molecule is CNC(c1ccc(C)c(C)c1)c1cc(Cl)ccc1I. The van der Waals surface area contributed by atoms with Gasteiger partial charge in [-0.05, 0) is 83.9 Å². The quantitative estimate of drug-likeness (QED) is 0.743. The third-order valence-corrected chi connectivity index (χ3v) is 4.64. The van der Waals surface area contributed by atoms with Gasteiger partial charge in [-0.1, -0.05) is 29.8 Å². The molecule has 0 radical (unpaired) electrons. The van der Waals surface area contributed by atoms with Gasteiger partial charge in [0.25, 0.3) is 0 Å². The summed E-state index contributed by atoms with van der Waals surface area (Å²) in [6, 6.07) is 12.8. The van der Waals surface area contributed by atoms with E-state index in [-0.39, 0.29) is 6.04 Å². The molecule has 0 aromatic heterocycles. The van der Waals surface area contributed by atoms with Crippen molar-refractivity contribution in [3.63, 3.8) is 0 Å². The first kappa shape index (κ1) is 14.8. The second kappa shape index (κ2) is 6.25. The van der Waals surface area contributed by atoms with Gasteiger partial charge in [0.05, 0.1) is 6.04 Å². The Morgan fingerprint density at radius 1 is 1.05 bits per heavy atom. The van der Waals surface area contributed by atoms with Crippen LogP contribution in [0.3, 0.4) is 0 Å². The monoisotopic (exact) mass is 385 g/mol. The van der Waals surface area contributed by atoms with Crippen LogP contribution < -0.4 is 5.32 Å². The molecule has 0 saturated heterocycles. The number of hydrogen-bond acceptors (Lipinski definition) is 1. The zero-order chi connectivity index (χ0) is 14.0. The highest BCUT2D eigenvalue weighted by atomic mass is 127. The smallest absolute Gasteiger partial charge is 0.0585 e. The summed E-state index contributed by atoms with van der Waals surface area (Å²) >= 11 is 8.49. The molecule has 0 bridgehead atoms. The lowest BCUT2D eigenvalue weighted by atomic mass is 9.96. The first-order chi connectivity index (χ1) is 9.02. The maximum absolute atomic E-state index is 6.13. The van der Waals surface area contributed by atoms with Crippen LogP contribution in [0, 0.1) is 17.4 Å². The van der Waals surface area contributed by atoms with Gasteiger partial charge >= 0.3 is 0 Å². The van der Waals surface area contributed by atoms with Crippen LogP contribution in [0.15, 0.2) is 36.4 Å². The molecule has 0 saturated carbocycles. The second-order valence-corrected chi connectivity index (χ2v) is 6.33. The van der Waals surface area contributed by atoms with Gasteiger partial charge < -0.3 is 5.32 Å². The first-order valence-electron chi connectivity index (χ1n) is 6.22. The van der Waals surface area contributed by atoms with E-state index < -0.39 is 0 Å². The van der Waals surface area contributed by atoms with E-state index in [0.29, 0.717) is 0 Å². The second-order valence-electron chi connectivity index (χ2n) is 4.73. The van der Waals surface area contributed by atoms with Gasteiger partial charge in [0.2, 0.25) is 0 Å². The minimum Gasteiger partial charge on any atom is -0.309 e. The van der Waals surface area contributed by atoms with E-state index in [0.717, 1.165) is 5.02 Å². The lowest BCUT2D eigenvalue weighted by Gasteiger charge is -2.20. The molecule has 1 unspecified atom stereocenters. The topological polar surface area (TPSA) is 12.0 Å². The molecular formula is C16H17ClIN. The van der Waals surface area contributed by atoms with Crippen LogP contribution in [0.4, 0.5) is 0 Å². The molecular weight excluding hydrogens is 369 g/mol. The number of rotatable bonds is 3. The molecule has 0 heterocycles. The van der Waals surface area contributed by atoms with Crippen LogP contribution in [-0.2, 0) is 0 Å². The predicted octanol–water partition coefficient (Wildman–Crippen LogP) is 4.87. The van der Waals surface area contributed by atoms with Gasteiger partial charge in [0.1, 0.15) is 0 Å². The van der Waals surface area contributed by atoms with Crippen molar-refractivity contribution in [3.05, 3.63) is 67.2 Å². The maximum atomic E-state index is 6.13. The fourth-order valence-corrected chi connectivity index (χ4v) is 3.01. The van der Waals surface area contributed by atoms with Crippen molar-refractivity contribution in [1.29, 1.82) is 0 Å². The largest absolute Gasteiger partial charge is 0.309 e. The molecule has 0 fully saturated rings. The maximum Gasteiger partial charge on any atom is 0.0585 e. The zero-order valence-electron chi connectivity index (χ0n) is 11.3. The fourth-order valence-electron chi connectivity index (χ4n) is 2.18. The van der Waals surface area contributed by atoms with Crippen LogP contribution in [0.5, 0.6) is 0 Å². The Hall–Kier alpha value is -0.580. The van der Waals surface area contributed by atoms with Crippen LogP contribution in [-0.4, -0.2) is 7.05 Å². The summed E-state index contributed by atoms with van der Waals surface area (Å²) in [4.78, 5) is 0. The zero-order valence-corrected chi connectivity index (χ0v) is 14.2. The molecule has 1 N–H and O–H groups in total. The molecule has 1 atom stereocenters. The fraction of sp³-hybridized carbons (Fsp3) is 0.250. The summed E-state index contributed by atoms with van der Waals surface area (Å²) in [5.41, 5.74) is 5.12. The van der Waals surface area contributed by atoms with Crippen molar-refractivity contribution in [2.24, 2.45) is 0 Å². The first-order valence-corrected chi connectivity index (χ1v) is 7.68. The van der Waals surface area contributed by atoms with Gasteiger partial charge in [-0.3, -0.25) is 0 Å². The van der Waals surface area contributed by atoms with E-state index in [9.17, 15) is 0 Å². The van der Waals surface area contributed by atoms with Gasteiger partial charge in [-0.25, -0.2) is 0 Å².